The molecule has 4 nitrogen and oxygen atoms in total. The highest BCUT2D eigenvalue weighted by Crippen LogP contribution is 2.17. The number of hydrogen-bond acceptors (Lipinski definition) is 4. The van der Waals surface area contributed by atoms with E-state index < -0.39 is 16.4 Å². The zero-order chi connectivity index (χ0) is 11.2. The van der Waals surface area contributed by atoms with E-state index in [0.29, 0.717) is 0 Å². The van der Waals surface area contributed by atoms with Gasteiger partial charge in [0.1, 0.15) is 6.61 Å². The van der Waals surface area contributed by atoms with Crippen molar-refractivity contribution in [2.24, 2.45) is 0 Å². The van der Waals surface area contributed by atoms with Crippen LogP contribution < -0.4 is 0 Å². The normalized spacial score (nSPS) is 10.5. The van der Waals surface area contributed by atoms with Gasteiger partial charge < -0.3 is 9.47 Å². The molecule has 0 aliphatic carbocycles. The molecule has 0 saturated heterocycles. The summed E-state index contributed by atoms with van der Waals surface area (Å²) >= 11 is 3.15. The molecule has 5 heteroatoms. The quantitative estimate of drug-likeness (QED) is 0.432. The third-order valence-corrected chi connectivity index (χ3v) is 1.24. The van der Waals surface area contributed by atoms with Gasteiger partial charge in [0.25, 0.3) is 0 Å². The molecule has 14 heavy (non-hydrogen) atoms. The molecule has 0 aromatic rings. The van der Waals surface area contributed by atoms with E-state index in [-0.39, 0.29) is 13.0 Å². The SMILES string of the molecule is C=CC(=O)OCCC(=O)OC(C)(C)Br. The van der Waals surface area contributed by atoms with Crippen LogP contribution in [0.4, 0.5) is 0 Å². The molecule has 0 N–H and O–H groups in total. The fraction of sp³-hybridized carbons (Fsp3) is 0.556. The van der Waals surface area contributed by atoms with Crippen LogP contribution in [0, 0.1) is 0 Å². The average Bonchev–Trinajstić information content (AvgIpc) is 2.00. The van der Waals surface area contributed by atoms with E-state index in [0.717, 1.165) is 6.08 Å². The summed E-state index contributed by atoms with van der Waals surface area (Å²) in [7, 11) is 0. The molecule has 0 aliphatic heterocycles. The molecule has 0 saturated carbocycles. The van der Waals surface area contributed by atoms with E-state index in [1.54, 1.807) is 13.8 Å². The number of carbonyl (C=O) groups excluding carboxylic acids is 2. The minimum atomic E-state index is -0.688. The maximum Gasteiger partial charge on any atom is 0.330 e. The van der Waals surface area contributed by atoms with Crippen LogP contribution in [0.2, 0.25) is 0 Å². The Balaban J connectivity index is 3.65. The van der Waals surface area contributed by atoms with Crippen LogP contribution in [-0.4, -0.2) is 23.1 Å². The molecule has 0 aromatic carbocycles. The second-order valence-corrected chi connectivity index (χ2v) is 4.87. The van der Waals surface area contributed by atoms with Crippen LogP contribution in [-0.2, 0) is 19.1 Å². The van der Waals surface area contributed by atoms with Crippen molar-refractivity contribution in [1.29, 1.82) is 0 Å². The van der Waals surface area contributed by atoms with Crippen LogP contribution in [0.5, 0.6) is 0 Å². The van der Waals surface area contributed by atoms with Crippen LogP contribution in [0.15, 0.2) is 12.7 Å². The third kappa shape index (κ3) is 7.79. The smallest absolute Gasteiger partial charge is 0.330 e. The summed E-state index contributed by atoms with van der Waals surface area (Å²) in [5, 5.41) is 0. The maximum absolute atomic E-state index is 11.1. The van der Waals surface area contributed by atoms with Crippen LogP contribution in [0.1, 0.15) is 20.3 Å². The number of esters is 2. The van der Waals surface area contributed by atoms with Crippen molar-refractivity contribution in [1.82, 2.24) is 0 Å². The second-order valence-electron chi connectivity index (χ2n) is 2.96. The highest BCUT2D eigenvalue weighted by atomic mass is 79.9. The van der Waals surface area contributed by atoms with Gasteiger partial charge in [0.2, 0.25) is 0 Å². The van der Waals surface area contributed by atoms with Crippen molar-refractivity contribution >= 4 is 27.9 Å². The Hall–Kier alpha value is -0.840. The first-order chi connectivity index (χ1) is 6.35. The summed E-state index contributed by atoms with van der Waals surface area (Å²) in [4.78, 5) is 21.6. The molecule has 0 aliphatic rings. The molecule has 0 fully saturated rings. The van der Waals surface area contributed by atoms with Crippen molar-refractivity contribution in [3.8, 4) is 0 Å². The Labute approximate surface area is 91.4 Å². The van der Waals surface area contributed by atoms with Gasteiger partial charge in [-0.05, 0) is 29.8 Å². The zero-order valence-electron chi connectivity index (χ0n) is 8.21. The molecular weight excluding hydrogens is 252 g/mol. The van der Waals surface area contributed by atoms with Crippen molar-refractivity contribution < 1.29 is 19.1 Å². The summed E-state index contributed by atoms with van der Waals surface area (Å²) in [6, 6.07) is 0. The van der Waals surface area contributed by atoms with Crippen LogP contribution in [0.25, 0.3) is 0 Å². The fourth-order valence-electron chi connectivity index (χ4n) is 0.616. The maximum atomic E-state index is 11.1. The highest BCUT2D eigenvalue weighted by Gasteiger charge is 2.18. The minimum absolute atomic E-state index is 0.00671. The Morgan fingerprint density at radius 1 is 1.50 bits per heavy atom. The molecule has 0 radical (unpaired) electrons. The van der Waals surface area contributed by atoms with Gasteiger partial charge in [0, 0.05) is 6.08 Å². The molecule has 0 spiro atoms. The Morgan fingerprint density at radius 3 is 2.50 bits per heavy atom. The predicted molar refractivity (Wildman–Crippen MR) is 54.9 cm³/mol. The Kier molecular flexibility index (Phi) is 5.45. The summed E-state index contributed by atoms with van der Waals surface area (Å²) in [6.45, 7) is 6.62. The first-order valence-corrected chi connectivity index (χ1v) is 4.84. The number of hydrogen-bond donors (Lipinski definition) is 0. The molecule has 0 unspecified atom stereocenters. The molecule has 0 heterocycles. The number of carbonyl (C=O) groups is 2. The lowest BCUT2D eigenvalue weighted by molar-refractivity contribution is -0.151. The van der Waals surface area contributed by atoms with E-state index in [1.807, 2.05) is 0 Å². The van der Waals surface area contributed by atoms with Crippen molar-refractivity contribution in [2.75, 3.05) is 6.61 Å². The lowest BCUT2D eigenvalue weighted by Gasteiger charge is -2.17. The topological polar surface area (TPSA) is 52.6 Å². The van der Waals surface area contributed by atoms with Gasteiger partial charge in [-0.3, -0.25) is 4.79 Å². The summed E-state index contributed by atoms with van der Waals surface area (Å²) in [6.07, 6.45) is 1.08. The van der Waals surface area contributed by atoms with Gasteiger partial charge in [-0.2, -0.15) is 0 Å². The third-order valence-electron chi connectivity index (χ3n) is 1.07. The summed E-state index contributed by atoms with van der Waals surface area (Å²) in [5.74, 6) is -0.973. The summed E-state index contributed by atoms with van der Waals surface area (Å²) < 4.78 is 8.83. The van der Waals surface area contributed by atoms with E-state index in [2.05, 4.69) is 27.2 Å². The number of alkyl halides is 1. The van der Waals surface area contributed by atoms with Crippen molar-refractivity contribution in [3.05, 3.63) is 12.7 Å². The first-order valence-electron chi connectivity index (χ1n) is 4.05. The van der Waals surface area contributed by atoms with Gasteiger partial charge in [0.15, 0.2) is 4.51 Å². The lowest BCUT2D eigenvalue weighted by atomic mass is 10.4. The van der Waals surface area contributed by atoms with E-state index >= 15 is 0 Å². The zero-order valence-corrected chi connectivity index (χ0v) is 9.80. The lowest BCUT2D eigenvalue weighted by Crippen LogP contribution is -2.21. The molecule has 0 atom stereocenters. The number of ether oxygens (including phenoxy) is 2. The molecule has 80 valence electrons. The predicted octanol–water partition coefficient (Wildman–Crippen LogP) is 1.78. The molecule has 0 aromatic heterocycles. The standard InChI is InChI=1S/C9H13BrO4/c1-4-7(11)13-6-5-8(12)14-9(2,3)10/h4H,1,5-6H2,2-3H3. The Bertz CT molecular complexity index is 229. The van der Waals surface area contributed by atoms with Crippen molar-refractivity contribution in [2.45, 2.75) is 24.8 Å². The van der Waals surface area contributed by atoms with Crippen LogP contribution in [0.3, 0.4) is 0 Å². The van der Waals surface area contributed by atoms with Crippen molar-refractivity contribution in [3.63, 3.8) is 0 Å². The van der Waals surface area contributed by atoms with E-state index in [4.69, 9.17) is 4.74 Å². The van der Waals surface area contributed by atoms with Gasteiger partial charge in [-0.15, -0.1) is 0 Å². The fourth-order valence-corrected chi connectivity index (χ4v) is 0.796. The van der Waals surface area contributed by atoms with Gasteiger partial charge >= 0.3 is 11.9 Å². The van der Waals surface area contributed by atoms with E-state index in [1.165, 1.54) is 0 Å². The monoisotopic (exact) mass is 264 g/mol. The summed E-state index contributed by atoms with van der Waals surface area (Å²) in [5.41, 5.74) is 0. The Morgan fingerprint density at radius 2 is 2.07 bits per heavy atom. The average molecular weight is 265 g/mol. The number of rotatable bonds is 5. The van der Waals surface area contributed by atoms with E-state index in [9.17, 15) is 9.59 Å². The van der Waals surface area contributed by atoms with Gasteiger partial charge in [-0.1, -0.05) is 6.58 Å². The highest BCUT2D eigenvalue weighted by molar-refractivity contribution is 9.10. The molecule has 0 amide bonds. The van der Waals surface area contributed by atoms with Gasteiger partial charge in [-0.25, -0.2) is 4.79 Å². The van der Waals surface area contributed by atoms with Gasteiger partial charge in [0.05, 0.1) is 6.42 Å². The molecule has 0 bridgehead atoms. The second kappa shape index (κ2) is 5.80. The van der Waals surface area contributed by atoms with Crippen LogP contribution >= 0.6 is 15.9 Å². The molecular formula is C9H13BrO4. The number of halogens is 1. The minimum Gasteiger partial charge on any atom is -0.462 e. The first kappa shape index (κ1) is 13.2. The molecule has 0 rings (SSSR count). The largest absolute Gasteiger partial charge is 0.462 e.